The zero-order valence-corrected chi connectivity index (χ0v) is 12.6. The molecule has 0 saturated carbocycles. The number of nitrogens with one attached hydrogen (secondary N) is 1. The van der Waals surface area contributed by atoms with Crippen LogP contribution in [0.4, 0.5) is 4.39 Å². The van der Waals surface area contributed by atoms with Crippen LogP contribution in [0.3, 0.4) is 0 Å². The molecule has 2 heterocycles. The van der Waals surface area contributed by atoms with E-state index in [9.17, 15) is 9.18 Å². The van der Waals surface area contributed by atoms with E-state index in [1.807, 2.05) is 5.38 Å². The Morgan fingerprint density at radius 1 is 1.32 bits per heavy atom. The lowest BCUT2D eigenvalue weighted by Gasteiger charge is -2.05. The second-order valence-corrected chi connectivity index (χ2v) is 5.71. The Morgan fingerprint density at radius 3 is 3.05 bits per heavy atom. The van der Waals surface area contributed by atoms with Crippen LogP contribution in [0.15, 0.2) is 36.0 Å². The molecule has 0 atom stereocenters. The Kier molecular flexibility index (Phi) is 4.43. The van der Waals surface area contributed by atoms with Gasteiger partial charge in [0.15, 0.2) is 0 Å². The summed E-state index contributed by atoms with van der Waals surface area (Å²) in [7, 11) is 0. The molecule has 114 valence electrons. The normalized spacial score (nSPS) is 11.0. The molecule has 0 unspecified atom stereocenters. The van der Waals surface area contributed by atoms with Crippen LogP contribution >= 0.6 is 11.3 Å². The summed E-state index contributed by atoms with van der Waals surface area (Å²) in [5, 5.41) is 8.96. The van der Waals surface area contributed by atoms with Gasteiger partial charge in [-0.3, -0.25) is 4.79 Å². The first kappa shape index (κ1) is 14.6. The summed E-state index contributed by atoms with van der Waals surface area (Å²) in [4.78, 5) is 16.8. The van der Waals surface area contributed by atoms with Crippen LogP contribution in [-0.2, 0) is 17.6 Å². The Hall–Kier alpha value is -2.28. The van der Waals surface area contributed by atoms with E-state index in [1.54, 1.807) is 22.7 Å². The maximum atomic E-state index is 13.4. The zero-order chi connectivity index (χ0) is 15.4. The van der Waals surface area contributed by atoms with E-state index in [2.05, 4.69) is 15.4 Å². The van der Waals surface area contributed by atoms with Crippen molar-refractivity contribution in [2.45, 2.75) is 19.3 Å². The van der Waals surface area contributed by atoms with Crippen molar-refractivity contribution in [3.05, 3.63) is 53.0 Å². The summed E-state index contributed by atoms with van der Waals surface area (Å²) in [6.07, 6.45) is 2.89. The summed E-state index contributed by atoms with van der Waals surface area (Å²) in [5.74, 6) is -0.338. The Balaban J connectivity index is 1.45. The van der Waals surface area contributed by atoms with Gasteiger partial charge in [-0.1, -0.05) is 18.2 Å². The second-order valence-electron chi connectivity index (χ2n) is 4.87. The molecule has 1 N–H and O–H groups in total. The molecular weight excluding hydrogens is 303 g/mol. The monoisotopic (exact) mass is 318 g/mol. The van der Waals surface area contributed by atoms with Gasteiger partial charge in [-0.05, 0) is 18.1 Å². The van der Waals surface area contributed by atoms with Crippen LogP contribution in [-0.4, -0.2) is 27.0 Å². The standard InChI is InChI=1S/C15H15FN4OS/c16-13-4-2-1-3-11(13)5-6-14(21)17-8-7-12-9-22-15-18-10-19-20(12)15/h1-4,9-10H,5-8H2,(H,17,21). The van der Waals surface area contributed by atoms with Gasteiger partial charge >= 0.3 is 0 Å². The number of carbonyl (C=O) groups is 1. The average molecular weight is 318 g/mol. The van der Waals surface area contributed by atoms with Crippen LogP contribution in [0, 0.1) is 5.82 Å². The topological polar surface area (TPSA) is 59.3 Å². The quantitative estimate of drug-likeness (QED) is 0.758. The molecule has 3 rings (SSSR count). The van der Waals surface area contributed by atoms with E-state index >= 15 is 0 Å². The lowest BCUT2D eigenvalue weighted by atomic mass is 10.1. The van der Waals surface area contributed by atoms with Gasteiger partial charge in [-0.25, -0.2) is 13.9 Å². The summed E-state index contributed by atoms with van der Waals surface area (Å²) in [5.41, 5.74) is 1.59. The third kappa shape index (κ3) is 3.30. The van der Waals surface area contributed by atoms with E-state index in [1.165, 1.54) is 23.7 Å². The summed E-state index contributed by atoms with van der Waals surface area (Å²) < 4.78 is 15.2. The molecule has 0 spiro atoms. The first-order valence-electron chi connectivity index (χ1n) is 7.00. The number of aryl methyl sites for hydroxylation is 1. The maximum absolute atomic E-state index is 13.4. The minimum absolute atomic E-state index is 0.0756. The molecule has 0 aliphatic heterocycles. The van der Waals surface area contributed by atoms with E-state index in [0.717, 1.165) is 10.7 Å². The molecule has 7 heteroatoms. The lowest BCUT2D eigenvalue weighted by Crippen LogP contribution is -2.26. The van der Waals surface area contributed by atoms with Gasteiger partial charge in [0.2, 0.25) is 10.9 Å². The molecule has 1 amide bonds. The number of thiazole rings is 1. The number of hydrogen-bond donors (Lipinski definition) is 1. The highest BCUT2D eigenvalue weighted by atomic mass is 32.1. The highest BCUT2D eigenvalue weighted by Gasteiger charge is 2.07. The van der Waals surface area contributed by atoms with Crippen molar-refractivity contribution in [1.29, 1.82) is 0 Å². The fourth-order valence-corrected chi connectivity index (χ4v) is 3.04. The van der Waals surface area contributed by atoms with Crippen molar-refractivity contribution in [2.75, 3.05) is 6.54 Å². The van der Waals surface area contributed by atoms with E-state index in [4.69, 9.17) is 0 Å². The van der Waals surface area contributed by atoms with Crippen molar-refractivity contribution >= 4 is 22.2 Å². The second kappa shape index (κ2) is 6.65. The summed E-state index contributed by atoms with van der Waals surface area (Å²) in [6, 6.07) is 6.53. The summed E-state index contributed by atoms with van der Waals surface area (Å²) in [6.45, 7) is 0.530. The van der Waals surface area contributed by atoms with E-state index in [0.29, 0.717) is 24.9 Å². The molecule has 2 aromatic heterocycles. The van der Waals surface area contributed by atoms with Gasteiger partial charge in [0, 0.05) is 24.8 Å². The van der Waals surface area contributed by atoms with E-state index < -0.39 is 0 Å². The van der Waals surface area contributed by atoms with Crippen molar-refractivity contribution in [2.24, 2.45) is 0 Å². The number of carbonyl (C=O) groups excluding carboxylic acids is 1. The molecule has 0 aliphatic carbocycles. The van der Waals surface area contributed by atoms with Gasteiger partial charge < -0.3 is 5.32 Å². The van der Waals surface area contributed by atoms with Crippen molar-refractivity contribution < 1.29 is 9.18 Å². The number of aromatic nitrogens is 3. The Bertz CT molecular complexity index is 783. The van der Waals surface area contributed by atoms with Crippen LogP contribution < -0.4 is 5.32 Å². The fourth-order valence-electron chi connectivity index (χ4n) is 2.21. The Morgan fingerprint density at radius 2 is 2.18 bits per heavy atom. The minimum Gasteiger partial charge on any atom is -0.356 e. The number of fused-ring (bicyclic) bond motifs is 1. The predicted octanol–water partition coefficient (Wildman–Crippen LogP) is 2.22. The van der Waals surface area contributed by atoms with Gasteiger partial charge in [0.25, 0.3) is 0 Å². The molecule has 0 saturated heterocycles. The maximum Gasteiger partial charge on any atom is 0.220 e. The number of benzene rings is 1. The largest absolute Gasteiger partial charge is 0.356 e. The van der Waals surface area contributed by atoms with Crippen LogP contribution in [0.25, 0.3) is 4.96 Å². The van der Waals surface area contributed by atoms with Crippen molar-refractivity contribution in [1.82, 2.24) is 19.9 Å². The van der Waals surface area contributed by atoms with Crippen molar-refractivity contribution in [3.8, 4) is 0 Å². The van der Waals surface area contributed by atoms with E-state index in [-0.39, 0.29) is 18.1 Å². The van der Waals surface area contributed by atoms with Crippen LogP contribution in [0.1, 0.15) is 17.7 Å². The number of halogens is 1. The first-order chi connectivity index (χ1) is 10.7. The smallest absolute Gasteiger partial charge is 0.220 e. The van der Waals surface area contributed by atoms with Gasteiger partial charge in [-0.2, -0.15) is 5.10 Å². The average Bonchev–Trinajstić information content (AvgIpc) is 3.11. The molecule has 0 radical (unpaired) electrons. The molecule has 0 aliphatic rings. The van der Waals surface area contributed by atoms with Crippen molar-refractivity contribution in [3.63, 3.8) is 0 Å². The SMILES string of the molecule is O=C(CCc1ccccc1F)NCCc1csc2ncnn12. The number of amides is 1. The highest BCUT2D eigenvalue weighted by molar-refractivity contribution is 7.15. The zero-order valence-electron chi connectivity index (χ0n) is 11.8. The first-order valence-corrected chi connectivity index (χ1v) is 7.88. The minimum atomic E-state index is -0.262. The highest BCUT2D eigenvalue weighted by Crippen LogP contribution is 2.13. The molecule has 1 aromatic carbocycles. The lowest BCUT2D eigenvalue weighted by molar-refractivity contribution is -0.121. The molecule has 22 heavy (non-hydrogen) atoms. The van der Waals surface area contributed by atoms with Gasteiger partial charge in [0.05, 0.1) is 5.69 Å². The predicted molar refractivity (Wildman–Crippen MR) is 82.3 cm³/mol. The number of hydrogen-bond acceptors (Lipinski definition) is 4. The number of rotatable bonds is 6. The fraction of sp³-hybridized carbons (Fsp3) is 0.267. The third-order valence-corrected chi connectivity index (χ3v) is 4.25. The number of nitrogens with zero attached hydrogens (tertiary/aromatic N) is 3. The van der Waals surface area contributed by atoms with Gasteiger partial charge in [0.1, 0.15) is 12.1 Å². The van der Waals surface area contributed by atoms with Crippen LogP contribution in [0.2, 0.25) is 0 Å². The van der Waals surface area contributed by atoms with Gasteiger partial charge in [-0.15, -0.1) is 11.3 Å². The molecule has 0 bridgehead atoms. The Labute approximate surface area is 130 Å². The molecular formula is C15H15FN4OS. The molecule has 5 nitrogen and oxygen atoms in total. The molecule has 0 fully saturated rings. The molecule has 3 aromatic rings. The third-order valence-electron chi connectivity index (χ3n) is 3.37. The van der Waals surface area contributed by atoms with Crippen LogP contribution in [0.5, 0.6) is 0 Å². The summed E-state index contributed by atoms with van der Waals surface area (Å²) >= 11 is 1.52.